The fourth-order valence-electron chi connectivity index (χ4n) is 1.42. The molecule has 0 aliphatic rings. The highest BCUT2D eigenvalue weighted by Crippen LogP contribution is 2.08. The Labute approximate surface area is 95.1 Å². The summed E-state index contributed by atoms with van der Waals surface area (Å²) >= 11 is 1.72. The summed E-state index contributed by atoms with van der Waals surface area (Å²) in [5.74, 6) is 0. The number of rotatable bonds is 7. The van der Waals surface area contributed by atoms with Gasteiger partial charge in [0.2, 0.25) is 0 Å². The molecule has 2 N–H and O–H groups in total. The Morgan fingerprint density at radius 3 is 3.00 bits per heavy atom. The monoisotopic (exact) mass is 229 g/mol. The number of aliphatic hydroxyl groups is 1. The lowest BCUT2D eigenvalue weighted by molar-refractivity contribution is 0.0631. The molecule has 0 bridgehead atoms. The maximum Gasteiger partial charge on any atom is 0.0897 e. The van der Waals surface area contributed by atoms with Crippen molar-refractivity contribution < 1.29 is 9.84 Å². The molecule has 0 saturated carbocycles. The second-order valence-corrected chi connectivity index (χ2v) is 4.53. The predicted molar refractivity (Wildman–Crippen MR) is 63.4 cm³/mol. The standard InChI is InChI=1S/C11H19NO2S/c1-9(5-10-3-4-15-8-10)12-6-11(13)7-14-2/h3-4,8-9,11-13H,5-7H2,1-2H3. The van der Waals surface area contributed by atoms with E-state index in [1.165, 1.54) is 5.56 Å². The van der Waals surface area contributed by atoms with Crippen LogP contribution in [0.2, 0.25) is 0 Å². The van der Waals surface area contributed by atoms with Crippen LogP contribution in [0, 0.1) is 0 Å². The highest BCUT2D eigenvalue weighted by molar-refractivity contribution is 7.07. The zero-order valence-corrected chi connectivity index (χ0v) is 10.1. The summed E-state index contributed by atoms with van der Waals surface area (Å²) in [6.07, 6.45) is 0.586. The van der Waals surface area contributed by atoms with Crippen molar-refractivity contribution in [3.05, 3.63) is 22.4 Å². The van der Waals surface area contributed by atoms with Crippen molar-refractivity contribution in [2.24, 2.45) is 0 Å². The summed E-state index contributed by atoms with van der Waals surface area (Å²) in [5, 5.41) is 17.0. The zero-order chi connectivity index (χ0) is 11.1. The average molecular weight is 229 g/mol. The van der Waals surface area contributed by atoms with Gasteiger partial charge < -0.3 is 15.2 Å². The summed E-state index contributed by atoms with van der Waals surface area (Å²) in [6.45, 7) is 3.09. The van der Waals surface area contributed by atoms with Crippen LogP contribution in [0.15, 0.2) is 16.8 Å². The molecule has 0 fully saturated rings. The normalized spacial score (nSPS) is 15.1. The van der Waals surface area contributed by atoms with E-state index in [0.29, 0.717) is 19.2 Å². The van der Waals surface area contributed by atoms with Crippen LogP contribution in [-0.4, -0.2) is 37.5 Å². The van der Waals surface area contributed by atoms with Crippen molar-refractivity contribution in [1.82, 2.24) is 5.32 Å². The molecule has 0 aliphatic heterocycles. The van der Waals surface area contributed by atoms with Crippen molar-refractivity contribution >= 4 is 11.3 Å². The topological polar surface area (TPSA) is 41.5 Å². The number of nitrogens with one attached hydrogen (secondary N) is 1. The minimum Gasteiger partial charge on any atom is -0.389 e. The van der Waals surface area contributed by atoms with Gasteiger partial charge in [-0.1, -0.05) is 0 Å². The smallest absolute Gasteiger partial charge is 0.0897 e. The van der Waals surface area contributed by atoms with Gasteiger partial charge in [0.1, 0.15) is 0 Å². The van der Waals surface area contributed by atoms with Gasteiger partial charge in [0.05, 0.1) is 12.7 Å². The largest absolute Gasteiger partial charge is 0.389 e. The van der Waals surface area contributed by atoms with E-state index in [2.05, 4.69) is 29.1 Å². The third kappa shape index (κ3) is 5.28. The fourth-order valence-corrected chi connectivity index (χ4v) is 2.10. The van der Waals surface area contributed by atoms with Crippen molar-refractivity contribution in [3.63, 3.8) is 0 Å². The van der Waals surface area contributed by atoms with Crippen LogP contribution >= 0.6 is 11.3 Å². The molecule has 0 saturated heterocycles. The number of hydrogen-bond acceptors (Lipinski definition) is 4. The summed E-state index contributed by atoms with van der Waals surface area (Å²) in [4.78, 5) is 0. The van der Waals surface area contributed by atoms with Crippen molar-refractivity contribution in [2.75, 3.05) is 20.3 Å². The zero-order valence-electron chi connectivity index (χ0n) is 9.27. The van der Waals surface area contributed by atoms with Crippen LogP contribution in [-0.2, 0) is 11.2 Å². The molecule has 0 radical (unpaired) electrons. The number of ether oxygens (including phenoxy) is 1. The van der Waals surface area contributed by atoms with E-state index in [1.54, 1.807) is 18.4 Å². The van der Waals surface area contributed by atoms with Crippen LogP contribution in [0.4, 0.5) is 0 Å². The Balaban J connectivity index is 2.16. The SMILES string of the molecule is COCC(O)CNC(C)Cc1ccsc1. The van der Waals surface area contributed by atoms with Gasteiger partial charge in [-0.15, -0.1) is 0 Å². The first kappa shape index (κ1) is 12.6. The van der Waals surface area contributed by atoms with Gasteiger partial charge in [0.15, 0.2) is 0 Å². The molecule has 1 aromatic heterocycles. The molecular weight excluding hydrogens is 210 g/mol. The summed E-state index contributed by atoms with van der Waals surface area (Å²) in [6, 6.07) is 2.51. The van der Waals surface area contributed by atoms with Crippen molar-refractivity contribution in [3.8, 4) is 0 Å². The van der Waals surface area contributed by atoms with E-state index in [1.807, 2.05) is 0 Å². The van der Waals surface area contributed by atoms with Crippen LogP contribution < -0.4 is 5.32 Å². The third-order valence-corrected chi connectivity index (χ3v) is 2.92. The molecule has 4 heteroatoms. The Bertz CT molecular complexity index is 251. The van der Waals surface area contributed by atoms with Gasteiger partial charge in [-0.3, -0.25) is 0 Å². The fraction of sp³-hybridized carbons (Fsp3) is 0.636. The van der Waals surface area contributed by atoms with Crippen LogP contribution in [0.3, 0.4) is 0 Å². The Morgan fingerprint density at radius 1 is 1.60 bits per heavy atom. The molecule has 86 valence electrons. The molecule has 1 rings (SSSR count). The Morgan fingerprint density at radius 2 is 2.40 bits per heavy atom. The van der Waals surface area contributed by atoms with E-state index in [-0.39, 0.29) is 0 Å². The van der Waals surface area contributed by atoms with E-state index in [0.717, 1.165) is 6.42 Å². The third-order valence-electron chi connectivity index (χ3n) is 2.18. The Hall–Kier alpha value is -0.420. The number of thiophene rings is 1. The number of methoxy groups -OCH3 is 1. The van der Waals surface area contributed by atoms with Gasteiger partial charge in [-0.2, -0.15) is 11.3 Å². The lowest BCUT2D eigenvalue weighted by Crippen LogP contribution is -2.36. The second kappa shape index (κ2) is 6.95. The summed E-state index contributed by atoms with van der Waals surface area (Å²) < 4.78 is 4.85. The van der Waals surface area contributed by atoms with E-state index in [9.17, 15) is 5.11 Å². The van der Waals surface area contributed by atoms with E-state index < -0.39 is 6.10 Å². The van der Waals surface area contributed by atoms with Crippen molar-refractivity contribution in [1.29, 1.82) is 0 Å². The van der Waals surface area contributed by atoms with E-state index >= 15 is 0 Å². The summed E-state index contributed by atoms with van der Waals surface area (Å²) in [7, 11) is 1.60. The first-order valence-electron chi connectivity index (χ1n) is 5.14. The average Bonchev–Trinajstić information content (AvgIpc) is 2.68. The Kier molecular flexibility index (Phi) is 5.86. The van der Waals surface area contributed by atoms with Crippen molar-refractivity contribution in [2.45, 2.75) is 25.5 Å². The highest BCUT2D eigenvalue weighted by atomic mass is 32.1. The molecule has 0 aromatic carbocycles. The number of hydrogen-bond donors (Lipinski definition) is 2. The molecule has 0 amide bonds. The molecule has 2 unspecified atom stereocenters. The van der Waals surface area contributed by atoms with Gasteiger partial charge in [0.25, 0.3) is 0 Å². The molecule has 15 heavy (non-hydrogen) atoms. The molecule has 0 spiro atoms. The second-order valence-electron chi connectivity index (χ2n) is 3.75. The molecule has 0 aliphatic carbocycles. The van der Waals surface area contributed by atoms with Crippen LogP contribution in [0.5, 0.6) is 0 Å². The molecule has 2 atom stereocenters. The quantitative estimate of drug-likeness (QED) is 0.740. The molecule has 1 heterocycles. The number of aliphatic hydroxyl groups excluding tert-OH is 1. The van der Waals surface area contributed by atoms with Gasteiger partial charge >= 0.3 is 0 Å². The molecule has 3 nitrogen and oxygen atoms in total. The first-order valence-corrected chi connectivity index (χ1v) is 6.08. The molecule has 1 aromatic rings. The lowest BCUT2D eigenvalue weighted by atomic mass is 10.1. The first-order chi connectivity index (χ1) is 7.22. The van der Waals surface area contributed by atoms with Gasteiger partial charge in [0, 0.05) is 19.7 Å². The maximum absolute atomic E-state index is 9.44. The predicted octanol–water partition coefficient (Wildman–Crippen LogP) is 1.28. The van der Waals surface area contributed by atoms with Gasteiger partial charge in [-0.25, -0.2) is 0 Å². The summed E-state index contributed by atoms with van der Waals surface area (Å²) in [5.41, 5.74) is 1.35. The minimum absolute atomic E-state index is 0.381. The van der Waals surface area contributed by atoms with Crippen LogP contribution in [0.25, 0.3) is 0 Å². The maximum atomic E-state index is 9.44. The minimum atomic E-state index is -0.417. The molecular formula is C11H19NO2S. The van der Waals surface area contributed by atoms with E-state index in [4.69, 9.17) is 4.74 Å². The highest BCUT2D eigenvalue weighted by Gasteiger charge is 2.07. The lowest BCUT2D eigenvalue weighted by Gasteiger charge is -2.16. The van der Waals surface area contributed by atoms with Crippen LogP contribution in [0.1, 0.15) is 12.5 Å². The van der Waals surface area contributed by atoms with Gasteiger partial charge in [-0.05, 0) is 35.7 Å².